The maximum absolute atomic E-state index is 11.5. The van der Waals surface area contributed by atoms with E-state index in [1.807, 2.05) is 13.0 Å². The molecule has 0 aromatic heterocycles. The van der Waals surface area contributed by atoms with Crippen LogP contribution in [0.3, 0.4) is 0 Å². The fourth-order valence-corrected chi connectivity index (χ4v) is 2.06. The summed E-state index contributed by atoms with van der Waals surface area (Å²) in [6.07, 6.45) is 3.31. The molecule has 2 N–H and O–H groups in total. The summed E-state index contributed by atoms with van der Waals surface area (Å²) in [4.78, 5) is 11.5. The molecule has 1 saturated carbocycles. The van der Waals surface area contributed by atoms with Gasteiger partial charge in [0.15, 0.2) is 0 Å². The van der Waals surface area contributed by atoms with Crippen LogP contribution in [0.4, 0.5) is 4.79 Å². The van der Waals surface area contributed by atoms with Gasteiger partial charge in [-0.2, -0.15) is 0 Å². The predicted molar refractivity (Wildman–Crippen MR) is 69.0 cm³/mol. The molecule has 0 unspecified atom stereocenters. The Morgan fingerprint density at radius 1 is 1.24 bits per heavy atom. The number of amides is 2. The topological polar surface area (TPSA) is 41.1 Å². The van der Waals surface area contributed by atoms with Crippen LogP contribution in [0.2, 0.25) is 0 Å². The number of carbonyl (C=O) groups excluding carboxylic acids is 1. The molecule has 0 spiro atoms. The van der Waals surface area contributed by atoms with Gasteiger partial charge in [-0.05, 0) is 24.8 Å². The third-order valence-electron chi connectivity index (χ3n) is 3.36. The number of nitrogens with one attached hydrogen (secondary N) is 2. The van der Waals surface area contributed by atoms with E-state index >= 15 is 0 Å². The molecule has 92 valence electrons. The first-order valence-electron chi connectivity index (χ1n) is 6.34. The molecule has 0 radical (unpaired) electrons. The van der Waals surface area contributed by atoms with Crippen LogP contribution in [0.15, 0.2) is 30.3 Å². The molecule has 1 aromatic carbocycles. The van der Waals surface area contributed by atoms with Crippen molar-refractivity contribution in [1.82, 2.24) is 10.6 Å². The lowest BCUT2D eigenvalue weighted by atomic mass is 9.96. The summed E-state index contributed by atoms with van der Waals surface area (Å²) in [7, 11) is 0. The molecule has 1 fully saturated rings. The van der Waals surface area contributed by atoms with Crippen molar-refractivity contribution in [3.05, 3.63) is 35.9 Å². The van der Waals surface area contributed by atoms with Crippen LogP contribution in [-0.4, -0.2) is 19.1 Å². The third kappa shape index (κ3) is 2.99. The van der Waals surface area contributed by atoms with Crippen molar-refractivity contribution in [2.45, 2.75) is 31.6 Å². The molecule has 0 heterocycles. The Kier molecular flexibility index (Phi) is 3.67. The van der Waals surface area contributed by atoms with E-state index in [-0.39, 0.29) is 11.4 Å². The highest BCUT2D eigenvalue weighted by molar-refractivity contribution is 5.74. The Labute approximate surface area is 103 Å². The summed E-state index contributed by atoms with van der Waals surface area (Å²) >= 11 is 0. The highest BCUT2D eigenvalue weighted by Gasteiger charge is 2.44. The first-order chi connectivity index (χ1) is 8.27. The Balaban J connectivity index is 1.85. The lowest BCUT2D eigenvalue weighted by Gasteiger charge is -2.16. The number of benzene rings is 1. The van der Waals surface area contributed by atoms with Crippen LogP contribution in [0.5, 0.6) is 0 Å². The van der Waals surface area contributed by atoms with Gasteiger partial charge in [-0.3, -0.25) is 0 Å². The van der Waals surface area contributed by atoms with E-state index in [1.54, 1.807) is 0 Å². The molecular formula is C14H20N2O. The maximum atomic E-state index is 11.5. The number of hydrogen-bond donors (Lipinski definition) is 2. The molecule has 0 aliphatic heterocycles. The molecule has 1 aliphatic rings. The quantitative estimate of drug-likeness (QED) is 0.804. The number of carbonyl (C=O) groups is 1. The maximum Gasteiger partial charge on any atom is 0.314 e. The molecule has 0 bridgehead atoms. The summed E-state index contributed by atoms with van der Waals surface area (Å²) in [6, 6.07) is 10.4. The lowest BCUT2D eigenvalue weighted by Crippen LogP contribution is -2.40. The van der Waals surface area contributed by atoms with Crippen molar-refractivity contribution < 1.29 is 4.79 Å². The van der Waals surface area contributed by atoms with Crippen molar-refractivity contribution >= 4 is 6.03 Å². The largest absolute Gasteiger partial charge is 0.338 e. The minimum absolute atomic E-state index is 0.0472. The Morgan fingerprint density at radius 3 is 2.53 bits per heavy atom. The van der Waals surface area contributed by atoms with E-state index in [2.05, 4.69) is 34.9 Å². The highest BCUT2D eigenvalue weighted by Crippen LogP contribution is 2.47. The van der Waals surface area contributed by atoms with E-state index in [4.69, 9.17) is 0 Å². The molecule has 2 amide bonds. The molecule has 0 atom stereocenters. The number of rotatable bonds is 5. The zero-order valence-corrected chi connectivity index (χ0v) is 10.3. The second-order valence-electron chi connectivity index (χ2n) is 4.76. The van der Waals surface area contributed by atoms with Crippen LogP contribution in [0, 0.1) is 0 Å². The monoisotopic (exact) mass is 232 g/mol. The first-order valence-corrected chi connectivity index (χ1v) is 6.34. The number of hydrogen-bond acceptors (Lipinski definition) is 1. The highest BCUT2D eigenvalue weighted by atomic mass is 16.2. The van der Waals surface area contributed by atoms with Crippen LogP contribution < -0.4 is 10.6 Å². The van der Waals surface area contributed by atoms with Crippen molar-refractivity contribution in [2.75, 3.05) is 13.1 Å². The van der Waals surface area contributed by atoms with Gasteiger partial charge in [0.05, 0.1) is 0 Å². The zero-order valence-electron chi connectivity index (χ0n) is 10.3. The van der Waals surface area contributed by atoms with Gasteiger partial charge in [0.2, 0.25) is 0 Å². The summed E-state index contributed by atoms with van der Waals surface area (Å²) in [5.41, 5.74) is 1.54. The second kappa shape index (κ2) is 5.21. The summed E-state index contributed by atoms with van der Waals surface area (Å²) in [5.74, 6) is 0. The van der Waals surface area contributed by atoms with Crippen molar-refractivity contribution in [3.63, 3.8) is 0 Å². The van der Waals surface area contributed by atoms with Crippen molar-refractivity contribution in [1.29, 1.82) is 0 Å². The van der Waals surface area contributed by atoms with Gasteiger partial charge in [0.25, 0.3) is 0 Å². The van der Waals surface area contributed by atoms with Gasteiger partial charge in [0.1, 0.15) is 0 Å². The molecule has 3 nitrogen and oxygen atoms in total. The van der Waals surface area contributed by atoms with E-state index in [1.165, 1.54) is 18.4 Å². The van der Waals surface area contributed by atoms with Crippen LogP contribution in [0.25, 0.3) is 0 Å². The van der Waals surface area contributed by atoms with E-state index in [9.17, 15) is 4.79 Å². The second-order valence-corrected chi connectivity index (χ2v) is 4.76. The Morgan fingerprint density at radius 2 is 1.94 bits per heavy atom. The normalized spacial score (nSPS) is 16.3. The molecule has 2 rings (SSSR count). The fraction of sp³-hybridized carbons (Fsp3) is 0.500. The van der Waals surface area contributed by atoms with Gasteiger partial charge in [-0.15, -0.1) is 0 Å². The van der Waals surface area contributed by atoms with Crippen LogP contribution in [0.1, 0.15) is 31.7 Å². The first kappa shape index (κ1) is 12.0. The van der Waals surface area contributed by atoms with Gasteiger partial charge in [-0.1, -0.05) is 37.3 Å². The average molecular weight is 232 g/mol. The Bertz CT molecular complexity index is 371. The van der Waals surface area contributed by atoms with Crippen LogP contribution >= 0.6 is 0 Å². The molecule has 1 aliphatic carbocycles. The summed E-state index contributed by atoms with van der Waals surface area (Å²) < 4.78 is 0. The van der Waals surface area contributed by atoms with E-state index < -0.39 is 0 Å². The standard InChI is InChI=1S/C14H20N2O/c1-2-10-15-13(17)16-11-14(8-9-14)12-6-4-3-5-7-12/h3-7H,2,8-11H2,1H3,(H2,15,16,17). The smallest absolute Gasteiger partial charge is 0.314 e. The third-order valence-corrected chi connectivity index (χ3v) is 3.36. The van der Waals surface area contributed by atoms with E-state index in [0.29, 0.717) is 0 Å². The summed E-state index contributed by atoms with van der Waals surface area (Å²) in [5, 5.41) is 5.80. The van der Waals surface area contributed by atoms with Gasteiger partial charge < -0.3 is 10.6 Å². The van der Waals surface area contributed by atoms with Crippen molar-refractivity contribution in [3.8, 4) is 0 Å². The Hall–Kier alpha value is -1.51. The van der Waals surface area contributed by atoms with Crippen molar-refractivity contribution in [2.24, 2.45) is 0 Å². The average Bonchev–Trinajstić information content (AvgIpc) is 3.16. The minimum atomic E-state index is -0.0472. The SMILES string of the molecule is CCCNC(=O)NCC1(c2ccccc2)CC1. The lowest BCUT2D eigenvalue weighted by molar-refractivity contribution is 0.240. The molecular weight excluding hydrogens is 212 g/mol. The minimum Gasteiger partial charge on any atom is -0.338 e. The van der Waals surface area contributed by atoms with Gasteiger partial charge in [-0.25, -0.2) is 4.79 Å². The molecule has 3 heteroatoms. The fourth-order valence-electron chi connectivity index (χ4n) is 2.06. The molecule has 1 aromatic rings. The van der Waals surface area contributed by atoms with Gasteiger partial charge >= 0.3 is 6.03 Å². The zero-order chi connectivity index (χ0) is 12.1. The molecule has 17 heavy (non-hydrogen) atoms. The van der Waals surface area contributed by atoms with E-state index in [0.717, 1.165) is 19.5 Å². The van der Waals surface area contributed by atoms with Crippen LogP contribution in [-0.2, 0) is 5.41 Å². The van der Waals surface area contributed by atoms with Gasteiger partial charge in [0, 0.05) is 18.5 Å². The summed E-state index contributed by atoms with van der Waals surface area (Å²) in [6.45, 7) is 3.53. The number of urea groups is 1. The molecule has 0 saturated heterocycles. The predicted octanol–water partition coefficient (Wildman–Crippen LogP) is 2.43.